The van der Waals surface area contributed by atoms with Crippen molar-refractivity contribution in [3.63, 3.8) is 0 Å². The van der Waals surface area contributed by atoms with Gasteiger partial charge in [-0.1, -0.05) is 6.42 Å². The molecule has 1 aliphatic rings. The average Bonchev–Trinajstić information content (AvgIpc) is 2.69. The summed E-state index contributed by atoms with van der Waals surface area (Å²) in [6, 6.07) is 0. The topological polar surface area (TPSA) is 50.7 Å². The number of nitrogens with one attached hydrogen (secondary N) is 1. The molecule has 0 fully saturated rings. The van der Waals surface area contributed by atoms with E-state index in [4.69, 9.17) is 0 Å². The van der Waals surface area contributed by atoms with E-state index < -0.39 is 0 Å². The van der Waals surface area contributed by atoms with E-state index >= 15 is 0 Å². The number of hydrogen-bond acceptors (Lipinski definition) is 5. The molecule has 0 spiro atoms. The number of hydrogen-bond donors (Lipinski definition) is 1. The summed E-state index contributed by atoms with van der Waals surface area (Å²) in [6.07, 6.45) is 7.64. The Hall–Kier alpha value is -1.49. The van der Waals surface area contributed by atoms with Gasteiger partial charge in [0.15, 0.2) is 0 Å². The molecule has 0 radical (unpaired) electrons. The van der Waals surface area contributed by atoms with Gasteiger partial charge in [-0.3, -0.25) is 0 Å². The highest BCUT2D eigenvalue weighted by atomic mass is 32.1. The van der Waals surface area contributed by atoms with E-state index in [2.05, 4.69) is 25.6 Å². The number of fused-ring (bicyclic) bond motifs is 1. The molecule has 1 aliphatic carbocycles. The highest BCUT2D eigenvalue weighted by Crippen LogP contribution is 2.24. The van der Waals surface area contributed by atoms with Crippen LogP contribution >= 0.6 is 11.3 Å². The first kappa shape index (κ1) is 12.5. The maximum Gasteiger partial charge on any atom is 0.133 e. The Bertz CT molecular complexity index is 564. The first-order valence-electron chi connectivity index (χ1n) is 6.80. The third kappa shape index (κ3) is 2.92. The minimum atomic E-state index is 0.744. The number of thiazole rings is 1. The molecule has 3 rings (SSSR count). The van der Waals surface area contributed by atoms with Crippen molar-refractivity contribution in [2.24, 2.45) is 0 Å². The van der Waals surface area contributed by atoms with Crippen molar-refractivity contribution in [2.75, 3.05) is 5.32 Å². The van der Waals surface area contributed by atoms with Gasteiger partial charge in [0.1, 0.15) is 12.1 Å². The predicted molar refractivity (Wildman–Crippen MR) is 77.5 cm³/mol. The van der Waals surface area contributed by atoms with Gasteiger partial charge in [0, 0.05) is 16.6 Å². The summed E-state index contributed by atoms with van der Waals surface area (Å²) in [4.78, 5) is 13.3. The van der Waals surface area contributed by atoms with E-state index in [0.29, 0.717) is 0 Å². The number of rotatable bonds is 3. The SMILES string of the molecule is Cc1nc(CNc2ncnc3c2CCCCC3)cs1. The second-order valence-corrected chi connectivity index (χ2v) is 5.98. The Morgan fingerprint density at radius 3 is 2.95 bits per heavy atom. The van der Waals surface area contributed by atoms with Crippen LogP contribution in [0.15, 0.2) is 11.7 Å². The highest BCUT2D eigenvalue weighted by molar-refractivity contribution is 7.09. The van der Waals surface area contributed by atoms with Crippen molar-refractivity contribution < 1.29 is 0 Å². The fourth-order valence-electron chi connectivity index (χ4n) is 2.51. The van der Waals surface area contributed by atoms with Crippen LogP contribution in [0, 0.1) is 6.92 Å². The first-order chi connectivity index (χ1) is 9.33. The summed E-state index contributed by atoms with van der Waals surface area (Å²) in [7, 11) is 0. The number of aryl methyl sites for hydroxylation is 2. The maximum absolute atomic E-state index is 4.47. The van der Waals surface area contributed by atoms with Gasteiger partial charge >= 0.3 is 0 Å². The van der Waals surface area contributed by atoms with Gasteiger partial charge in [0.25, 0.3) is 0 Å². The summed E-state index contributed by atoms with van der Waals surface area (Å²) in [5.74, 6) is 0.998. The zero-order valence-electron chi connectivity index (χ0n) is 11.1. The molecular weight excluding hydrogens is 256 g/mol. The molecule has 2 heterocycles. The molecule has 5 heteroatoms. The molecule has 0 bridgehead atoms. The molecule has 2 aromatic heterocycles. The normalized spacial score (nSPS) is 14.8. The van der Waals surface area contributed by atoms with E-state index in [1.807, 2.05) is 6.92 Å². The lowest BCUT2D eigenvalue weighted by Crippen LogP contribution is -2.08. The van der Waals surface area contributed by atoms with Gasteiger partial charge in [0.2, 0.25) is 0 Å². The Morgan fingerprint density at radius 1 is 1.21 bits per heavy atom. The Kier molecular flexibility index (Phi) is 3.73. The van der Waals surface area contributed by atoms with Crippen LogP contribution in [-0.2, 0) is 19.4 Å². The third-order valence-electron chi connectivity index (χ3n) is 3.48. The van der Waals surface area contributed by atoms with Crippen molar-refractivity contribution in [3.05, 3.63) is 33.7 Å². The molecule has 0 amide bonds. The average molecular weight is 274 g/mol. The summed E-state index contributed by atoms with van der Waals surface area (Å²) >= 11 is 1.69. The van der Waals surface area contributed by atoms with Crippen LogP contribution in [0.25, 0.3) is 0 Å². The van der Waals surface area contributed by atoms with Crippen molar-refractivity contribution in [3.8, 4) is 0 Å². The van der Waals surface area contributed by atoms with Crippen LogP contribution < -0.4 is 5.32 Å². The Morgan fingerprint density at radius 2 is 2.11 bits per heavy atom. The molecule has 0 aromatic carbocycles. The fraction of sp³-hybridized carbons (Fsp3) is 0.500. The predicted octanol–water partition coefficient (Wildman–Crippen LogP) is 3.12. The van der Waals surface area contributed by atoms with Crippen LogP contribution in [0.4, 0.5) is 5.82 Å². The maximum atomic E-state index is 4.47. The van der Waals surface area contributed by atoms with Crippen LogP contribution in [0.1, 0.15) is 41.2 Å². The second-order valence-electron chi connectivity index (χ2n) is 4.92. The van der Waals surface area contributed by atoms with E-state index in [0.717, 1.165) is 35.9 Å². The van der Waals surface area contributed by atoms with Crippen molar-refractivity contribution in [2.45, 2.75) is 45.6 Å². The summed E-state index contributed by atoms with van der Waals surface area (Å²) in [5, 5.41) is 6.63. The van der Waals surface area contributed by atoms with Gasteiger partial charge in [0.05, 0.1) is 17.2 Å². The van der Waals surface area contributed by atoms with Crippen LogP contribution in [0.5, 0.6) is 0 Å². The van der Waals surface area contributed by atoms with Crippen molar-refractivity contribution in [1.29, 1.82) is 0 Å². The fourth-order valence-corrected chi connectivity index (χ4v) is 3.13. The molecule has 4 nitrogen and oxygen atoms in total. The monoisotopic (exact) mass is 274 g/mol. The molecule has 0 unspecified atom stereocenters. The van der Waals surface area contributed by atoms with E-state index in [1.165, 1.54) is 30.5 Å². The summed E-state index contributed by atoms with van der Waals surface area (Å²) in [6.45, 7) is 2.78. The summed E-state index contributed by atoms with van der Waals surface area (Å²) < 4.78 is 0. The van der Waals surface area contributed by atoms with Gasteiger partial charge < -0.3 is 5.32 Å². The molecule has 0 aliphatic heterocycles. The first-order valence-corrected chi connectivity index (χ1v) is 7.68. The van der Waals surface area contributed by atoms with Crippen LogP contribution in [0.3, 0.4) is 0 Å². The molecular formula is C14H18N4S. The van der Waals surface area contributed by atoms with Crippen molar-refractivity contribution >= 4 is 17.2 Å². The quantitative estimate of drug-likeness (QED) is 0.874. The number of nitrogens with zero attached hydrogens (tertiary/aromatic N) is 3. The Balaban J connectivity index is 1.77. The molecule has 19 heavy (non-hydrogen) atoms. The van der Waals surface area contributed by atoms with E-state index in [-0.39, 0.29) is 0 Å². The van der Waals surface area contributed by atoms with E-state index in [9.17, 15) is 0 Å². The largest absolute Gasteiger partial charge is 0.364 e. The van der Waals surface area contributed by atoms with E-state index in [1.54, 1.807) is 17.7 Å². The zero-order chi connectivity index (χ0) is 13.1. The van der Waals surface area contributed by atoms with Gasteiger partial charge in [-0.05, 0) is 32.6 Å². The Labute approximate surface area is 117 Å². The highest BCUT2D eigenvalue weighted by Gasteiger charge is 2.14. The minimum absolute atomic E-state index is 0.744. The molecule has 2 aromatic rings. The standard InChI is InChI=1S/C14H18N4S/c1-10-18-11(8-19-10)7-15-14-12-5-3-2-4-6-13(12)16-9-17-14/h8-9H,2-7H2,1H3,(H,15,16,17). The second kappa shape index (κ2) is 5.65. The van der Waals surface area contributed by atoms with Crippen LogP contribution in [-0.4, -0.2) is 15.0 Å². The minimum Gasteiger partial charge on any atom is -0.364 e. The molecule has 1 N–H and O–H groups in total. The third-order valence-corrected chi connectivity index (χ3v) is 4.30. The molecule has 0 saturated heterocycles. The lowest BCUT2D eigenvalue weighted by Gasteiger charge is -2.11. The van der Waals surface area contributed by atoms with Gasteiger partial charge in [-0.15, -0.1) is 11.3 Å². The van der Waals surface area contributed by atoms with Crippen LogP contribution in [0.2, 0.25) is 0 Å². The summed E-state index contributed by atoms with van der Waals surface area (Å²) in [5.41, 5.74) is 3.62. The molecule has 100 valence electrons. The number of aromatic nitrogens is 3. The lowest BCUT2D eigenvalue weighted by molar-refractivity contribution is 0.708. The van der Waals surface area contributed by atoms with Gasteiger partial charge in [-0.25, -0.2) is 15.0 Å². The molecule has 0 saturated carbocycles. The zero-order valence-corrected chi connectivity index (χ0v) is 12.0. The van der Waals surface area contributed by atoms with Gasteiger partial charge in [-0.2, -0.15) is 0 Å². The van der Waals surface area contributed by atoms with Crippen molar-refractivity contribution in [1.82, 2.24) is 15.0 Å². The smallest absolute Gasteiger partial charge is 0.133 e. The lowest BCUT2D eigenvalue weighted by atomic mass is 10.1. The number of anilines is 1. The molecule has 0 atom stereocenters.